The van der Waals surface area contributed by atoms with Gasteiger partial charge in [-0.1, -0.05) is 30.3 Å². The molecule has 1 heterocycles. The minimum Gasteiger partial charge on any atom is -0.381 e. The van der Waals surface area contributed by atoms with Crippen LogP contribution in [0.1, 0.15) is 24.8 Å². The summed E-state index contributed by atoms with van der Waals surface area (Å²) in [5.41, 5.74) is 7.54. The van der Waals surface area contributed by atoms with Crippen molar-refractivity contribution in [2.75, 3.05) is 13.2 Å². The maximum absolute atomic E-state index is 6.20. The molecule has 16 heavy (non-hydrogen) atoms. The lowest BCUT2D eigenvalue weighted by molar-refractivity contribution is 0.0619. The van der Waals surface area contributed by atoms with Gasteiger partial charge in [0.25, 0.3) is 0 Å². The highest BCUT2D eigenvalue weighted by molar-refractivity contribution is 5.15. The summed E-state index contributed by atoms with van der Waals surface area (Å²) < 4.78 is 5.36. The minimum atomic E-state index is 0.297. The molecule has 0 aliphatic carbocycles. The maximum Gasteiger partial charge on any atom is 0.0468 e. The van der Waals surface area contributed by atoms with Gasteiger partial charge in [-0.05, 0) is 37.2 Å². The number of hydrogen-bond donors (Lipinski definition) is 1. The third-order valence-corrected chi connectivity index (χ3v) is 3.32. The molecule has 1 saturated heterocycles. The highest BCUT2D eigenvalue weighted by Gasteiger charge is 2.17. The zero-order chi connectivity index (χ0) is 11.2. The van der Waals surface area contributed by atoms with Crippen LogP contribution >= 0.6 is 0 Å². The lowest BCUT2D eigenvalue weighted by Gasteiger charge is -2.24. The second-order valence-corrected chi connectivity index (χ2v) is 4.74. The average Bonchev–Trinajstić information content (AvgIpc) is 2.31. The number of ether oxygens (including phenoxy) is 1. The van der Waals surface area contributed by atoms with E-state index < -0.39 is 0 Å². The Morgan fingerprint density at radius 2 is 1.88 bits per heavy atom. The predicted octanol–water partition coefficient (Wildman–Crippen LogP) is 2.37. The third kappa shape index (κ3) is 3.62. The largest absolute Gasteiger partial charge is 0.381 e. The molecule has 1 aliphatic heterocycles. The van der Waals surface area contributed by atoms with Crippen molar-refractivity contribution in [2.45, 2.75) is 31.7 Å². The summed E-state index contributed by atoms with van der Waals surface area (Å²) in [6.45, 7) is 1.84. The highest BCUT2D eigenvalue weighted by Crippen LogP contribution is 2.20. The molecule has 2 rings (SSSR count). The van der Waals surface area contributed by atoms with Crippen molar-refractivity contribution in [3.63, 3.8) is 0 Å². The zero-order valence-corrected chi connectivity index (χ0v) is 9.77. The van der Waals surface area contributed by atoms with E-state index in [1.165, 1.54) is 18.4 Å². The first-order valence-corrected chi connectivity index (χ1v) is 6.22. The Bertz CT molecular complexity index is 293. The summed E-state index contributed by atoms with van der Waals surface area (Å²) in [5, 5.41) is 0. The Kier molecular flexibility index (Phi) is 4.37. The van der Waals surface area contributed by atoms with Crippen LogP contribution in [0.4, 0.5) is 0 Å². The molecule has 0 spiro atoms. The second kappa shape index (κ2) is 6.02. The van der Waals surface area contributed by atoms with E-state index >= 15 is 0 Å². The first kappa shape index (κ1) is 11.6. The van der Waals surface area contributed by atoms with Gasteiger partial charge in [0.05, 0.1) is 0 Å². The topological polar surface area (TPSA) is 35.2 Å². The average molecular weight is 219 g/mol. The van der Waals surface area contributed by atoms with Crippen LogP contribution in [0.2, 0.25) is 0 Å². The molecular formula is C14H21NO. The molecule has 0 radical (unpaired) electrons. The van der Waals surface area contributed by atoms with Crippen LogP contribution in [0.15, 0.2) is 30.3 Å². The van der Waals surface area contributed by atoms with Gasteiger partial charge in [0.15, 0.2) is 0 Å². The summed E-state index contributed by atoms with van der Waals surface area (Å²) in [4.78, 5) is 0. The minimum absolute atomic E-state index is 0.297. The first-order valence-electron chi connectivity index (χ1n) is 6.22. The van der Waals surface area contributed by atoms with Gasteiger partial charge in [0, 0.05) is 19.3 Å². The van der Waals surface area contributed by atoms with E-state index in [1.54, 1.807) is 0 Å². The Morgan fingerprint density at radius 3 is 2.56 bits per heavy atom. The fourth-order valence-electron chi connectivity index (χ4n) is 2.41. The molecule has 2 N–H and O–H groups in total. The lowest BCUT2D eigenvalue weighted by Crippen LogP contribution is -2.28. The van der Waals surface area contributed by atoms with Crippen LogP contribution < -0.4 is 5.73 Å². The number of rotatable bonds is 4. The molecule has 88 valence electrons. The molecule has 0 amide bonds. The number of hydrogen-bond acceptors (Lipinski definition) is 2. The fraction of sp³-hybridized carbons (Fsp3) is 0.571. The van der Waals surface area contributed by atoms with E-state index in [1.807, 2.05) is 6.07 Å². The SMILES string of the molecule is NC(Cc1ccccc1)CC1CCOCC1. The molecule has 2 heteroatoms. The van der Waals surface area contributed by atoms with E-state index in [2.05, 4.69) is 24.3 Å². The van der Waals surface area contributed by atoms with Crippen LogP contribution in [0.3, 0.4) is 0 Å². The summed E-state index contributed by atoms with van der Waals surface area (Å²) in [5.74, 6) is 0.771. The fourth-order valence-corrected chi connectivity index (χ4v) is 2.41. The highest BCUT2D eigenvalue weighted by atomic mass is 16.5. The van der Waals surface area contributed by atoms with Crippen LogP contribution in [0.25, 0.3) is 0 Å². The van der Waals surface area contributed by atoms with Crippen LogP contribution in [0, 0.1) is 5.92 Å². The molecule has 1 aromatic carbocycles. The van der Waals surface area contributed by atoms with Crippen molar-refractivity contribution in [2.24, 2.45) is 11.7 Å². The van der Waals surface area contributed by atoms with Crippen molar-refractivity contribution < 1.29 is 4.74 Å². The lowest BCUT2D eigenvalue weighted by atomic mass is 9.90. The van der Waals surface area contributed by atoms with Gasteiger partial charge in [-0.25, -0.2) is 0 Å². The third-order valence-electron chi connectivity index (χ3n) is 3.32. The van der Waals surface area contributed by atoms with Gasteiger partial charge < -0.3 is 10.5 Å². The number of nitrogens with two attached hydrogens (primary N) is 1. The summed E-state index contributed by atoms with van der Waals surface area (Å²) in [6.07, 6.45) is 4.50. The molecule has 1 unspecified atom stereocenters. The quantitative estimate of drug-likeness (QED) is 0.843. The normalized spacial score (nSPS) is 19.6. The van der Waals surface area contributed by atoms with Crippen molar-refractivity contribution in [1.82, 2.24) is 0 Å². The predicted molar refractivity (Wildman–Crippen MR) is 66.3 cm³/mol. The molecule has 0 bridgehead atoms. The summed E-state index contributed by atoms with van der Waals surface area (Å²) >= 11 is 0. The molecule has 0 aromatic heterocycles. The molecule has 2 nitrogen and oxygen atoms in total. The maximum atomic E-state index is 6.20. The Labute approximate surface area is 97.8 Å². The molecule has 0 saturated carbocycles. The van der Waals surface area contributed by atoms with Crippen molar-refractivity contribution >= 4 is 0 Å². The van der Waals surface area contributed by atoms with Crippen molar-refractivity contribution in [3.8, 4) is 0 Å². The monoisotopic (exact) mass is 219 g/mol. The van der Waals surface area contributed by atoms with Crippen LogP contribution in [-0.4, -0.2) is 19.3 Å². The molecule has 1 atom stereocenters. The van der Waals surface area contributed by atoms with E-state index in [0.717, 1.165) is 32.0 Å². The van der Waals surface area contributed by atoms with Gasteiger partial charge in [-0.15, -0.1) is 0 Å². The van der Waals surface area contributed by atoms with E-state index in [4.69, 9.17) is 10.5 Å². The smallest absolute Gasteiger partial charge is 0.0468 e. The zero-order valence-electron chi connectivity index (χ0n) is 9.77. The molecule has 1 aliphatic rings. The van der Waals surface area contributed by atoms with Crippen molar-refractivity contribution in [1.29, 1.82) is 0 Å². The van der Waals surface area contributed by atoms with Gasteiger partial charge in [0.1, 0.15) is 0 Å². The second-order valence-electron chi connectivity index (χ2n) is 4.74. The standard InChI is InChI=1S/C14H21NO/c15-14(10-12-4-2-1-3-5-12)11-13-6-8-16-9-7-13/h1-5,13-14H,6-11,15H2. The Balaban J connectivity index is 1.77. The first-order chi connectivity index (χ1) is 7.84. The van der Waals surface area contributed by atoms with Crippen LogP contribution in [0.5, 0.6) is 0 Å². The van der Waals surface area contributed by atoms with Gasteiger partial charge in [-0.3, -0.25) is 0 Å². The molecule has 1 aromatic rings. The molecule has 1 fully saturated rings. The van der Waals surface area contributed by atoms with Crippen molar-refractivity contribution in [3.05, 3.63) is 35.9 Å². The van der Waals surface area contributed by atoms with Gasteiger partial charge in [0.2, 0.25) is 0 Å². The van der Waals surface area contributed by atoms with E-state index in [-0.39, 0.29) is 0 Å². The molecular weight excluding hydrogens is 198 g/mol. The summed E-state index contributed by atoms with van der Waals surface area (Å²) in [7, 11) is 0. The van der Waals surface area contributed by atoms with Crippen LogP contribution in [-0.2, 0) is 11.2 Å². The number of benzene rings is 1. The van der Waals surface area contributed by atoms with Gasteiger partial charge >= 0.3 is 0 Å². The van der Waals surface area contributed by atoms with Gasteiger partial charge in [-0.2, -0.15) is 0 Å². The van der Waals surface area contributed by atoms with E-state index in [0.29, 0.717) is 6.04 Å². The Morgan fingerprint density at radius 1 is 1.19 bits per heavy atom. The van der Waals surface area contributed by atoms with E-state index in [9.17, 15) is 0 Å². The summed E-state index contributed by atoms with van der Waals surface area (Å²) in [6, 6.07) is 10.8. The Hall–Kier alpha value is -0.860.